The molecule has 1 fully saturated rings. The standard InChI is InChI=1S/C15H20Cl2N2O/c1-9(11-7-6-10(16)8-13(11)17)19-15(20)12-4-2-3-5-14(12)18/h6-9,12,14H,2-5,18H2,1H3,(H,19,20). The van der Waals surface area contributed by atoms with Gasteiger partial charge in [0.25, 0.3) is 0 Å². The predicted octanol–water partition coefficient (Wildman–Crippen LogP) is 3.69. The molecule has 1 saturated carbocycles. The van der Waals surface area contributed by atoms with Crippen LogP contribution in [0.15, 0.2) is 18.2 Å². The minimum absolute atomic E-state index is 0.0238. The zero-order chi connectivity index (χ0) is 14.7. The quantitative estimate of drug-likeness (QED) is 0.894. The van der Waals surface area contributed by atoms with Gasteiger partial charge in [-0.1, -0.05) is 42.1 Å². The first-order valence-corrected chi connectivity index (χ1v) is 7.75. The molecule has 0 spiro atoms. The van der Waals surface area contributed by atoms with Crippen molar-refractivity contribution in [2.45, 2.75) is 44.7 Å². The molecule has 1 amide bonds. The average Bonchev–Trinajstić information content (AvgIpc) is 2.38. The zero-order valence-corrected chi connectivity index (χ0v) is 13.0. The molecule has 0 radical (unpaired) electrons. The van der Waals surface area contributed by atoms with Gasteiger partial charge in [-0.3, -0.25) is 4.79 Å². The van der Waals surface area contributed by atoms with Crippen molar-refractivity contribution in [1.82, 2.24) is 5.32 Å². The van der Waals surface area contributed by atoms with Crippen molar-refractivity contribution in [2.75, 3.05) is 0 Å². The number of rotatable bonds is 3. The summed E-state index contributed by atoms with van der Waals surface area (Å²) in [5, 5.41) is 4.17. The van der Waals surface area contributed by atoms with Crippen LogP contribution in [0.2, 0.25) is 10.0 Å². The van der Waals surface area contributed by atoms with Gasteiger partial charge in [0.2, 0.25) is 5.91 Å². The van der Waals surface area contributed by atoms with Crippen LogP contribution in [0.3, 0.4) is 0 Å². The van der Waals surface area contributed by atoms with Crippen LogP contribution in [0.5, 0.6) is 0 Å². The average molecular weight is 315 g/mol. The summed E-state index contributed by atoms with van der Waals surface area (Å²) >= 11 is 12.0. The fourth-order valence-corrected chi connectivity index (χ4v) is 3.31. The van der Waals surface area contributed by atoms with Crippen LogP contribution in [-0.2, 0) is 4.79 Å². The number of hydrogen-bond donors (Lipinski definition) is 2. The van der Waals surface area contributed by atoms with Crippen molar-refractivity contribution >= 4 is 29.1 Å². The molecule has 1 aromatic rings. The van der Waals surface area contributed by atoms with Crippen LogP contribution in [0.25, 0.3) is 0 Å². The molecule has 0 aliphatic heterocycles. The summed E-state index contributed by atoms with van der Waals surface area (Å²) in [4.78, 5) is 12.3. The first-order valence-electron chi connectivity index (χ1n) is 7.00. The zero-order valence-electron chi connectivity index (χ0n) is 11.5. The van der Waals surface area contributed by atoms with Gasteiger partial charge in [-0.25, -0.2) is 0 Å². The molecule has 0 saturated heterocycles. The summed E-state index contributed by atoms with van der Waals surface area (Å²) in [7, 11) is 0. The largest absolute Gasteiger partial charge is 0.349 e. The van der Waals surface area contributed by atoms with Crippen molar-refractivity contribution in [3.8, 4) is 0 Å². The van der Waals surface area contributed by atoms with E-state index in [9.17, 15) is 4.79 Å². The predicted molar refractivity (Wildman–Crippen MR) is 83.0 cm³/mol. The number of carbonyl (C=O) groups excluding carboxylic acids is 1. The molecule has 1 aromatic carbocycles. The van der Waals surface area contributed by atoms with E-state index in [0.717, 1.165) is 31.2 Å². The van der Waals surface area contributed by atoms with Gasteiger partial charge in [-0.15, -0.1) is 0 Å². The molecule has 0 aromatic heterocycles. The maximum atomic E-state index is 12.3. The monoisotopic (exact) mass is 314 g/mol. The minimum atomic E-state index is -0.151. The number of nitrogens with two attached hydrogens (primary N) is 1. The molecule has 20 heavy (non-hydrogen) atoms. The Morgan fingerprint density at radius 2 is 2.05 bits per heavy atom. The second-order valence-electron chi connectivity index (χ2n) is 5.45. The topological polar surface area (TPSA) is 55.1 Å². The van der Waals surface area contributed by atoms with Gasteiger partial charge in [0.1, 0.15) is 0 Å². The molecule has 5 heteroatoms. The number of amides is 1. The van der Waals surface area contributed by atoms with Gasteiger partial charge in [0.05, 0.1) is 12.0 Å². The maximum absolute atomic E-state index is 12.3. The van der Waals surface area contributed by atoms with E-state index < -0.39 is 0 Å². The lowest BCUT2D eigenvalue weighted by atomic mass is 9.84. The Morgan fingerprint density at radius 1 is 1.35 bits per heavy atom. The van der Waals surface area contributed by atoms with Crippen molar-refractivity contribution in [3.05, 3.63) is 33.8 Å². The lowest BCUT2D eigenvalue weighted by Gasteiger charge is -2.29. The van der Waals surface area contributed by atoms with Gasteiger partial charge in [0.15, 0.2) is 0 Å². The summed E-state index contributed by atoms with van der Waals surface area (Å²) in [5.74, 6) is -0.0620. The lowest BCUT2D eigenvalue weighted by Crippen LogP contribution is -2.44. The fraction of sp³-hybridized carbons (Fsp3) is 0.533. The highest BCUT2D eigenvalue weighted by atomic mass is 35.5. The van der Waals surface area contributed by atoms with Crippen LogP contribution < -0.4 is 11.1 Å². The third-order valence-electron chi connectivity index (χ3n) is 3.94. The number of hydrogen-bond acceptors (Lipinski definition) is 2. The summed E-state index contributed by atoms with van der Waals surface area (Å²) in [6, 6.07) is 5.12. The fourth-order valence-electron chi connectivity index (χ4n) is 2.74. The van der Waals surface area contributed by atoms with Crippen LogP contribution in [0.4, 0.5) is 0 Å². The highest BCUT2D eigenvalue weighted by Crippen LogP contribution is 2.28. The Hall–Kier alpha value is -0.770. The van der Waals surface area contributed by atoms with Crippen molar-refractivity contribution in [2.24, 2.45) is 11.7 Å². The van der Waals surface area contributed by atoms with E-state index in [0.29, 0.717) is 10.0 Å². The van der Waals surface area contributed by atoms with Crippen molar-refractivity contribution in [3.63, 3.8) is 0 Å². The van der Waals surface area contributed by atoms with E-state index >= 15 is 0 Å². The minimum Gasteiger partial charge on any atom is -0.349 e. The molecule has 0 bridgehead atoms. The molecule has 110 valence electrons. The molecular formula is C15H20Cl2N2O. The molecule has 3 N–H and O–H groups in total. The Morgan fingerprint density at radius 3 is 2.70 bits per heavy atom. The Labute approximate surface area is 129 Å². The van der Waals surface area contributed by atoms with Gasteiger partial charge >= 0.3 is 0 Å². The molecule has 0 heterocycles. The van der Waals surface area contributed by atoms with Crippen LogP contribution >= 0.6 is 23.2 Å². The molecule has 3 unspecified atom stereocenters. The van der Waals surface area contributed by atoms with Gasteiger partial charge < -0.3 is 11.1 Å². The van der Waals surface area contributed by atoms with Crippen LogP contribution in [-0.4, -0.2) is 11.9 Å². The lowest BCUT2D eigenvalue weighted by molar-refractivity contribution is -0.127. The first-order chi connectivity index (χ1) is 9.49. The van der Waals surface area contributed by atoms with Gasteiger partial charge in [0, 0.05) is 16.1 Å². The van der Waals surface area contributed by atoms with Crippen LogP contribution in [0, 0.1) is 5.92 Å². The molecule has 2 rings (SSSR count). The van der Waals surface area contributed by atoms with Crippen molar-refractivity contribution in [1.29, 1.82) is 0 Å². The van der Waals surface area contributed by atoms with E-state index in [1.54, 1.807) is 12.1 Å². The summed E-state index contributed by atoms with van der Waals surface area (Å²) in [5.41, 5.74) is 6.91. The molecule has 1 aliphatic carbocycles. The summed E-state index contributed by atoms with van der Waals surface area (Å²) in [6.45, 7) is 1.92. The number of halogens is 2. The molecular weight excluding hydrogens is 295 g/mol. The third-order valence-corrected chi connectivity index (χ3v) is 4.51. The number of nitrogens with one attached hydrogen (secondary N) is 1. The smallest absolute Gasteiger partial charge is 0.225 e. The third kappa shape index (κ3) is 3.66. The van der Waals surface area contributed by atoms with E-state index in [1.807, 2.05) is 13.0 Å². The number of carbonyl (C=O) groups is 1. The maximum Gasteiger partial charge on any atom is 0.225 e. The number of benzene rings is 1. The highest BCUT2D eigenvalue weighted by Gasteiger charge is 2.29. The van der Waals surface area contributed by atoms with Gasteiger partial charge in [-0.2, -0.15) is 0 Å². The SMILES string of the molecule is CC(NC(=O)C1CCCCC1N)c1ccc(Cl)cc1Cl. The molecule has 1 aliphatic rings. The second kappa shape index (κ2) is 6.79. The van der Waals surface area contributed by atoms with Crippen molar-refractivity contribution < 1.29 is 4.79 Å². The normalized spacial score (nSPS) is 24.2. The Balaban J connectivity index is 2.03. The molecule has 3 nitrogen and oxygen atoms in total. The van der Waals surface area contributed by atoms with E-state index in [1.165, 1.54) is 0 Å². The summed E-state index contributed by atoms with van der Waals surface area (Å²) < 4.78 is 0. The molecule has 3 atom stereocenters. The summed E-state index contributed by atoms with van der Waals surface area (Å²) in [6.07, 6.45) is 3.98. The van der Waals surface area contributed by atoms with Gasteiger partial charge in [-0.05, 0) is 37.5 Å². The van der Waals surface area contributed by atoms with E-state index in [2.05, 4.69) is 5.32 Å². The Kier molecular flexibility index (Phi) is 5.30. The first kappa shape index (κ1) is 15.6. The van der Waals surface area contributed by atoms with E-state index in [-0.39, 0.29) is 23.9 Å². The van der Waals surface area contributed by atoms with E-state index in [4.69, 9.17) is 28.9 Å². The highest BCUT2D eigenvalue weighted by molar-refractivity contribution is 6.35. The van der Waals surface area contributed by atoms with Crippen LogP contribution in [0.1, 0.15) is 44.2 Å². The Bertz CT molecular complexity index is 493. The second-order valence-corrected chi connectivity index (χ2v) is 6.29.